The first-order valence-corrected chi connectivity index (χ1v) is 17.2. The lowest BCUT2D eigenvalue weighted by molar-refractivity contribution is -0.205. The molecule has 4 rings (SSSR count). The van der Waals surface area contributed by atoms with Crippen LogP contribution in [0.25, 0.3) is 0 Å². The van der Waals surface area contributed by atoms with Crippen molar-refractivity contribution in [3.63, 3.8) is 0 Å². The number of ether oxygens (including phenoxy) is 1. The highest BCUT2D eigenvalue weighted by atomic mass is 32.2. The maximum Gasteiger partial charge on any atom is 0.316 e. The van der Waals surface area contributed by atoms with Gasteiger partial charge >= 0.3 is 5.97 Å². The molecule has 5 unspecified atom stereocenters. The molecule has 9 nitrogen and oxygen atoms in total. The number of benzene rings is 1. The van der Waals surface area contributed by atoms with Crippen molar-refractivity contribution in [1.82, 2.24) is 10.6 Å². The number of rotatable bonds is 10. The second-order valence-electron chi connectivity index (χ2n) is 14.2. The van der Waals surface area contributed by atoms with E-state index in [-0.39, 0.29) is 53.1 Å². The maximum atomic E-state index is 13.6. The summed E-state index contributed by atoms with van der Waals surface area (Å²) in [4.78, 5) is 52.2. The normalized spacial score (nSPS) is 35.6. The number of amides is 2. The van der Waals surface area contributed by atoms with Crippen LogP contribution in [0.1, 0.15) is 79.2 Å². The number of Topliss-reactive ketones (excluding diaryl/α,β-unsaturated/α-hetero) is 1. The molecule has 0 spiro atoms. The number of nitrogens with two attached hydrogens (primary N) is 1. The van der Waals surface area contributed by atoms with Crippen LogP contribution in [0, 0.1) is 34.0 Å². The van der Waals surface area contributed by atoms with Gasteiger partial charge in [0.1, 0.15) is 17.9 Å². The number of hydrogen-bond acceptors (Lipinski definition) is 8. The fourth-order valence-corrected chi connectivity index (χ4v) is 9.10. The van der Waals surface area contributed by atoms with E-state index in [4.69, 9.17) is 10.5 Å². The van der Waals surface area contributed by atoms with Gasteiger partial charge in [-0.3, -0.25) is 19.2 Å². The summed E-state index contributed by atoms with van der Waals surface area (Å²) >= 11 is 1.35. The second-order valence-corrected chi connectivity index (χ2v) is 15.3. The first-order chi connectivity index (χ1) is 21.1. The summed E-state index contributed by atoms with van der Waals surface area (Å²) in [5.74, 6) is -0.965. The van der Waals surface area contributed by atoms with Gasteiger partial charge in [0, 0.05) is 34.6 Å². The van der Waals surface area contributed by atoms with Crippen molar-refractivity contribution >= 4 is 35.3 Å². The van der Waals surface area contributed by atoms with Crippen LogP contribution in [-0.2, 0) is 30.5 Å². The fourth-order valence-electron chi connectivity index (χ4n) is 8.33. The van der Waals surface area contributed by atoms with Crippen molar-refractivity contribution < 1.29 is 29.0 Å². The molecular formula is C35H51N3O6S. The van der Waals surface area contributed by atoms with Crippen LogP contribution in [0.5, 0.6) is 0 Å². The average Bonchev–Trinajstić information content (AvgIpc) is 3.37. The third kappa shape index (κ3) is 6.74. The van der Waals surface area contributed by atoms with E-state index in [1.165, 1.54) is 11.8 Å². The Hall–Kier alpha value is -2.69. The zero-order valence-electron chi connectivity index (χ0n) is 27.6. The molecule has 1 aromatic rings. The van der Waals surface area contributed by atoms with E-state index in [1.807, 2.05) is 31.2 Å². The highest BCUT2D eigenvalue weighted by molar-refractivity contribution is 8.00. The van der Waals surface area contributed by atoms with Crippen molar-refractivity contribution in [2.24, 2.45) is 39.7 Å². The Labute approximate surface area is 271 Å². The lowest BCUT2D eigenvalue weighted by atomic mass is 9.44. The molecule has 10 atom stereocenters. The lowest BCUT2D eigenvalue weighted by Crippen LogP contribution is -2.63. The van der Waals surface area contributed by atoms with E-state index in [9.17, 15) is 24.3 Å². The quantitative estimate of drug-likeness (QED) is 0.169. The zero-order valence-corrected chi connectivity index (χ0v) is 28.4. The number of aliphatic hydroxyl groups is 1. The lowest BCUT2D eigenvalue weighted by Gasteiger charge is -2.61. The van der Waals surface area contributed by atoms with Crippen LogP contribution in [-0.4, -0.2) is 58.7 Å². The SMILES string of the molecule is C=C[C@]1(C)C[C@@H](OC(=O)CSc2cccc(CNC(=O)C(C)NC(=O)C(C)N)c2)[C@]2(C)C(C)CCC3(CCC(=O)C32)[C@@H](C)[C@@H]1O. The van der Waals surface area contributed by atoms with E-state index >= 15 is 0 Å². The maximum absolute atomic E-state index is 13.6. The minimum Gasteiger partial charge on any atom is -0.461 e. The van der Waals surface area contributed by atoms with Crippen LogP contribution in [0.3, 0.4) is 0 Å². The van der Waals surface area contributed by atoms with Gasteiger partial charge in [-0.1, -0.05) is 45.9 Å². The molecule has 2 bridgehead atoms. The van der Waals surface area contributed by atoms with Crippen molar-refractivity contribution in [3.05, 3.63) is 42.5 Å². The molecule has 248 valence electrons. The van der Waals surface area contributed by atoms with E-state index in [1.54, 1.807) is 19.9 Å². The summed E-state index contributed by atoms with van der Waals surface area (Å²) in [6.45, 7) is 15.9. The Morgan fingerprint density at radius 2 is 1.91 bits per heavy atom. The number of ketones is 1. The molecule has 5 N–H and O–H groups in total. The van der Waals surface area contributed by atoms with Gasteiger partial charge in [-0.05, 0) is 74.5 Å². The highest BCUT2D eigenvalue weighted by Gasteiger charge is 2.68. The average molecular weight is 642 g/mol. The van der Waals surface area contributed by atoms with Gasteiger partial charge in [-0.2, -0.15) is 0 Å². The summed E-state index contributed by atoms with van der Waals surface area (Å²) < 4.78 is 6.35. The Morgan fingerprint density at radius 1 is 1.20 bits per heavy atom. The van der Waals surface area contributed by atoms with E-state index in [0.717, 1.165) is 29.7 Å². The summed E-state index contributed by atoms with van der Waals surface area (Å²) in [6, 6.07) is 6.10. The molecule has 1 aromatic carbocycles. The van der Waals surface area contributed by atoms with Crippen molar-refractivity contribution in [2.75, 3.05) is 5.75 Å². The minimum absolute atomic E-state index is 0.0740. The number of hydrogen-bond donors (Lipinski definition) is 4. The van der Waals surface area contributed by atoms with Crippen LogP contribution >= 0.6 is 11.8 Å². The third-order valence-electron chi connectivity index (χ3n) is 11.5. The molecule has 3 aliphatic carbocycles. The van der Waals surface area contributed by atoms with E-state index in [0.29, 0.717) is 12.8 Å². The summed E-state index contributed by atoms with van der Waals surface area (Å²) in [6.07, 6.45) is 4.02. The molecule has 3 fully saturated rings. The first kappa shape index (κ1) is 35.2. The molecular weight excluding hydrogens is 590 g/mol. The molecule has 0 aliphatic heterocycles. The number of aliphatic hydroxyl groups excluding tert-OH is 1. The van der Waals surface area contributed by atoms with E-state index in [2.05, 4.69) is 38.0 Å². The predicted molar refractivity (Wildman–Crippen MR) is 175 cm³/mol. The van der Waals surface area contributed by atoms with Crippen LogP contribution in [0.15, 0.2) is 41.8 Å². The Morgan fingerprint density at radius 3 is 2.58 bits per heavy atom. The first-order valence-electron chi connectivity index (χ1n) is 16.2. The zero-order chi connectivity index (χ0) is 33.3. The fraction of sp³-hybridized carbons (Fsp3) is 0.657. The number of thioether (sulfide) groups is 1. The van der Waals surface area contributed by atoms with Gasteiger partial charge in [-0.25, -0.2) is 0 Å². The molecule has 45 heavy (non-hydrogen) atoms. The predicted octanol–water partition coefficient (Wildman–Crippen LogP) is 4.15. The molecule has 10 heteroatoms. The number of carbonyl (C=O) groups excluding carboxylic acids is 4. The molecule has 0 aromatic heterocycles. The van der Waals surface area contributed by atoms with Crippen molar-refractivity contribution in [1.29, 1.82) is 0 Å². The second kappa shape index (κ2) is 13.6. The summed E-state index contributed by atoms with van der Waals surface area (Å²) in [5, 5.41) is 17.1. The largest absolute Gasteiger partial charge is 0.461 e. The Kier molecular flexibility index (Phi) is 10.6. The molecule has 2 amide bonds. The Bertz CT molecular complexity index is 1320. The number of nitrogens with one attached hydrogen (secondary N) is 2. The number of esters is 1. The highest BCUT2D eigenvalue weighted by Crippen LogP contribution is 2.68. The summed E-state index contributed by atoms with van der Waals surface area (Å²) in [7, 11) is 0. The van der Waals surface area contributed by atoms with Crippen molar-refractivity contribution in [2.45, 2.75) is 109 Å². The van der Waals surface area contributed by atoms with Gasteiger partial charge in [0.05, 0.1) is 17.9 Å². The third-order valence-corrected chi connectivity index (χ3v) is 12.4. The van der Waals surface area contributed by atoms with Gasteiger partial charge in [-0.15, -0.1) is 18.3 Å². The number of carbonyl (C=O) groups is 4. The van der Waals surface area contributed by atoms with Gasteiger partial charge in [0.25, 0.3) is 0 Å². The van der Waals surface area contributed by atoms with Crippen molar-refractivity contribution in [3.8, 4) is 0 Å². The van der Waals surface area contributed by atoms with Gasteiger partial charge in [0.2, 0.25) is 11.8 Å². The monoisotopic (exact) mass is 641 g/mol. The Balaban J connectivity index is 1.46. The summed E-state index contributed by atoms with van der Waals surface area (Å²) in [5.41, 5.74) is 4.86. The van der Waals surface area contributed by atoms with Crippen LogP contribution in [0.4, 0.5) is 0 Å². The molecule has 3 saturated carbocycles. The molecule has 3 aliphatic rings. The molecule has 0 saturated heterocycles. The molecule has 0 heterocycles. The topological polar surface area (TPSA) is 148 Å². The van der Waals surface area contributed by atoms with Crippen LogP contribution < -0.4 is 16.4 Å². The van der Waals surface area contributed by atoms with Crippen LogP contribution in [0.2, 0.25) is 0 Å². The van der Waals surface area contributed by atoms with E-state index < -0.39 is 41.0 Å². The smallest absolute Gasteiger partial charge is 0.316 e. The minimum atomic E-state index is -0.727. The van der Waals surface area contributed by atoms with Gasteiger partial charge < -0.3 is 26.2 Å². The van der Waals surface area contributed by atoms with Gasteiger partial charge in [0.15, 0.2) is 0 Å². The standard InChI is InChI=1S/C35H51N3O6S/c1-8-33(6)17-27(34(7)20(2)12-14-35(21(3)30(33)41)15-13-26(39)29(34)35)44-28(40)19-45-25-11-9-10-24(16-25)18-37-32(43)23(5)38-31(42)22(4)36/h8-11,16,20-23,27,29-30,41H,1,12-15,17-19,36H2,2-7H3,(H,37,43)(H,38,42)/t20?,21-,22?,23?,27+,29?,30-,33+,34-,35?/m0/s1. The molecule has 0 radical (unpaired) electrons.